The number of benzene rings is 8. The molecule has 4 heteroatoms. The van der Waals surface area contributed by atoms with Gasteiger partial charge in [-0.2, -0.15) is 0 Å². The van der Waals surface area contributed by atoms with Crippen molar-refractivity contribution in [1.29, 1.82) is 0 Å². The number of hydrogen-bond acceptors (Lipinski definition) is 4. The van der Waals surface area contributed by atoms with Gasteiger partial charge >= 0.3 is 0 Å². The molecule has 4 nitrogen and oxygen atoms in total. The van der Waals surface area contributed by atoms with Crippen molar-refractivity contribution in [3.05, 3.63) is 182 Å². The third kappa shape index (κ3) is 5.04. The normalized spacial score (nSPS) is 11.5. The SMILES string of the molecule is c1ccc(-c2nc3cc4c(cc3o2)oc2cccc(-c3ccc(N(c5ccccc5)c5ccc(-c6cccc7ccccc67)cc5)cc3)c24)cc1. The van der Waals surface area contributed by atoms with Crippen molar-refractivity contribution < 1.29 is 8.83 Å². The first-order valence-corrected chi connectivity index (χ1v) is 17.1. The van der Waals surface area contributed by atoms with Crippen molar-refractivity contribution in [3.8, 4) is 33.7 Å². The highest BCUT2D eigenvalue weighted by Gasteiger charge is 2.18. The maximum atomic E-state index is 6.38. The van der Waals surface area contributed by atoms with E-state index in [9.17, 15) is 0 Å². The molecule has 0 saturated carbocycles. The summed E-state index contributed by atoms with van der Waals surface area (Å²) in [7, 11) is 0. The monoisotopic (exact) mass is 654 g/mol. The molecule has 0 aliphatic rings. The molecule has 0 saturated heterocycles. The Morgan fingerprint density at radius 3 is 1.76 bits per heavy atom. The van der Waals surface area contributed by atoms with E-state index < -0.39 is 0 Å². The molecule has 51 heavy (non-hydrogen) atoms. The molecular formula is C47H30N2O2. The Morgan fingerprint density at radius 2 is 1.00 bits per heavy atom. The molecule has 0 bridgehead atoms. The minimum Gasteiger partial charge on any atom is -0.456 e. The minimum atomic E-state index is 0.601. The van der Waals surface area contributed by atoms with E-state index >= 15 is 0 Å². The molecule has 0 fully saturated rings. The summed E-state index contributed by atoms with van der Waals surface area (Å²) in [5.74, 6) is 0.601. The number of oxazole rings is 1. The Morgan fingerprint density at radius 1 is 0.392 bits per heavy atom. The summed E-state index contributed by atoms with van der Waals surface area (Å²) >= 11 is 0. The summed E-state index contributed by atoms with van der Waals surface area (Å²) in [6.45, 7) is 0. The van der Waals surface area contributed by atoms with Crippen LogP contribution in [0.5, 0.6) is 0 Å². The van der Waals surface area contributed by atoms with Crippen LogP contribution >= 0.6 is 0 Å². The fourth-order valence-electron chi connectivity index (χ4n) is 7.27. The molecule has 0 spiro atoms. The van der Waals surface area contributed by atoms with Gasteiger partial charge in [-0.3, -0.25) is 0 Å². The van der Waals surface area contributed by atoms with Gasteiger partial charge in [0.15, 0.2) is 5.58 Å². The summed E-state index contributed by atoms with van der Waals surface area (Å²) in [6.07, 6.45) is 0. The number of fused-ring (bicyclic) bond motifs is 5. The second kappa shape index (κ2) is 11.9. The van der Waals surface area contributed by atoms with Crippen molar-refractivity contribution >= 4 is 60.9 Å². The first-order valence-electron chi connectivity index (χ1n) is 17.1. The van der Waals surface area contributed by atoms with Crippen LogP contribution in [0.3, 0.4) is 0 Å². The standard InChI is InChI=1S/C47H30N2O2/c1-3-12-34(13-4-1)47-48-42-29-41-44(30-45(42)51-47)50-43-20-10-19-40(46(41)43)33-23-27-37(28-24-33)49(35-15-5-2-6-16-35)36-25-21-32(22-26-36)39-18-9-14-31-11-7-8-17-38(31)39/h1-30H. The number of rotatable bonds is 6. The molecule has 8 aromatic carbocycles. The number of nitrogens with zero attached hydrogens (tertiary/aromatic N) is 2. The van der Waals surface area contributed by atoms with Gasteiger partial charge in [0, 0.05) is 39.5 Å². The van der Waals surface area contributed by atoms with Gasteiger partial charge in [0.25, 0.3) is 0 Å². The summed E-state index contributed by atoms with van der Waals surface area (Å²) in [4.78, 5) is 7.13. The van der Waals surface area contributed by atoms with Crippen LogP contribution in [0.1, 0.15) is 0 Å². The highest BCUT2D eigenvalue weighted by Crippen LogP contribution is 2.41. The lowest BCUT2D eigenvalue weighted by atomic mass is 9.97. The van der Waals surface area contributed by atoms with Crippen LogP contribution in [0, 0.1) is 0 Å². The lowest BCUT2D eigenvalue weighted by Gasteiger charge is -2.26. The van der Waals surface area contributed by atoms with Gasteiger partial charge in [0.1, 0.15) is 16.7 Å². The highest BCUT2D eigenvalue weighted by molar-refractivity contribution is 6.15. The van der Waals surface area contributed by atoms with Crippen LogP contribution in [-0.2, 0) is 0 Å². The zero-order valence-electron chi connectivity index (χ0n) is 27.5. The summed E-state index contributed by atoms with van der Waals surface area (Å²) in [5.41, 5.74) is 12.0. The van der Waals surface area contributed by atoms with Crippen molar-refractivity contribution in [2.75, 3.05) is 4.90 Å². The molecule has 2 aromatic heterocycles. The molecule has 0 atom stereocenters. The molecule has 0 aliphatic carbocycles. The van der Waals surface area contributed by atoms with Gasteiger partial charge in [-0.1, -0.05) is 115 Å². The molecule has 2 heterocycles. The van der Waals surface area contributed by atoms with Crippen LogP contribution in [0.2, 0.25) is 0 Å². The molecular weight excluding hydrogens is 625 g/mol. The number of furan rings is 1. The van der Waals surface area contributed by atoms with E-state index in [1.165, 1.54) is 21.9 Å². The topological polar surface area (TPSA) is 42.4 Å². The average Bonchev–Trinajstić information content (AvgIpc) is 3.79. The Bertz CT molecular complexity index is 2830. The van der Waals surface area contributed by atoms with Crippen LogP contribution in [0.25, 0.3) is 77.5 Å². The third-order valence-electron chi connectivity index (χ3n) is 9.70. The van der Waals surface area contributed by atoms with E-state index in [1.807, 2.05) is 42.5 Å². The van der Waals surface area contributed by atoms with Crippen LogP contribution in [0.15, 0.2) is 191 Å². The highest BCUT2D eigenvalue weighted by atomic mass is 16.4. The van der Waals surface area contributed by atoms with E-state index in [0.29, 0.717) is 11.5 Å². The predicted octanol–water partition coefficient (Wildman–Crippen LogP) is 13.4. The molecule has 0 unspecified atom stereocenters. The fourth-order valence-corrected chi connectivity index (χ4v) is 7.27. The lowest BCUT2D eigenvalue weighted by molar-refractivity contribution is 0.617. The van der Waals surface area contributed by atoms with Gasteiger partial charge in [-0.15, -0.1) is 0 Å². The first-order chi connectivity index (χ1) is 25.3. The van der Waals surface area contributed by atoms with Gasteiger partial charge in [-0.05, 0) is 93.7 Å². The number of aromatic nitrogens is 1. The summed E-state index contributed by atoms with van der Waals surface area (Å²) in [5, 5.41) is 4.58. The van der Waals surface area contributed by atoms with E-state index in [-0.39, 0.29) is 0 Å². The quantitative estimate of drug-likeness (QED) is 0.179. The second-order valence-corrected chi connectivity index (χ2v) is 12.8. The summed E-state index contributed by atoms with van der Waals surface area (Å²) in [6, 6.07) is 63.5. The smallest absolute Gasteiger partial charge is 0.227 e. The number of para-hydroxylation sites is 1. The predicted molar refractivity (Wildman–Crippen MR) is 210 cm³/mol. The van der Waals surface area contributed by atoms with Gasteiger partial charge < -0.3 is 13.7 Å². The van der Waals surface area contributed by atoms with Crippen molar-refractivity contribution in [1.82, 2.24) is 4.98 Å². The molecule has 0 radical (unpaired) electrons. The number of anilines is 3. The lowest BCUT2D eigenvalue weighted by Crippen LogP contribution is -2.09. The Labute approximate surface area is 294 Å². The zero-order valence-corrected chi connectivity index (χ0v) is 27.5. The Hall–Kier alpha value is -6.91. The molecule has 10 rings (SSSR count). The Kier molecular flexibility index (Phi) is 6.78. The van der Waals surface area contributed by atoms with Crippen molar-refractivity contribution in [3.63, 3.8) is 0 Å². The third-order valence-corrected chi connectivity index (χ3v) is 9.70. The van der Waals surface area contributed by atoms with Crippen LogP contribution < -0.4 is 4.90 Å². The molecule has 10 aromatic rings. The van der Waals surface area contributed by atoms with E-state index in [4.69, 9.17) is 13.8 Å². The van der Waals surface area contributed by atoms with Crippen molar-refractivity contribution in [2.24, 2.45) is 0 Å². The van der Waals surface area contributed by atoms with E-state index in [2.05, 4.69) is 144 Å². The number of hydrogen-bond donors (Lipinski definition) is 0. The molecule has 0 amide bonds. The minimum absolute atomic E-state index is 0.601. The van der Waals surface area contributed by atoms with Gasteiger partial charge in [0.05, 0.1) is 0 Å². The van der Waals surface area contributed by atoms with Crippen LogP contribution in [-0.4, -0.2) is 4.98 Å². The van der Waals surface area contributed by atoms with Gasteiger partial charge in [0.2, 0.25) is 5.89 Å². The van der Waals surface area contributed by atoms with Crippen LogP contribution in [0.4, 0.5) is 17.1 Å². The molecule has 0 aliphatic heterocycles. The molecule has 240 valence electrons. The molecule has 0 N–H and O–H groups in total. The Balaban J connectivity index is 1.04. The first kappa shape index (κ1) is 29.0. The van der Waals surface area contributed by atoms with E-state index in [0.717, 1.165) is 61.2 Å². The average molecular weight is 655 g/mol. The maximum Gasteiger partial charge on any atom is 0.227 e. The fraction of sp³-hybridized carbons (Fsp3) is 0. The summed E-state index contributed by atoms with van der Waals surface area (Å²) < 4.78 is 12.5. The largest absolute Gasteiger partial charge is 0.456 e. The van der Waals surface area contributed by atoms with Gasteiger partial charge in [-0.25, -0.2) is 4.98 Å². The van der Waals surface area contributed by atoms with Crippen molar-refractivity contribution in [2.45, 2.75) is 0 Å². The zero-order chi connectivity index (χ0) is 33.7. The maximum absolute atomic E-state index is 6.38. The van der Waals surface area contributed by atoms with E-state index in [1.54, 1.807) is 0 Å². The second-order valence-electron chi connectivity index (χ2n) is 12.8.